The minimum atomic E-state index is -0.217. The predicted molar refractivity (Wildman–Crippen MR) is 91.1 cm³/mol. The molecule has 0 spiro atoms. The lowest BCUT2D eigenvalue weighted by atomic mass is 10.3. The molecule has 22 heavy (non-hydrogen) atoms. The Morgan fingerprint density at radius 1 is 1.32 bits per heavy atom. The predicted octanol–water partition coefficient (Wildman–Crippen LogP) is 4.31. The Hall–Kier alpha value is -1.27. The number of thiazole rings is 1. The van der Waals surface area contributed by atoms with E-state index in [4.69, 9.17) is 39.5 Å². The number of nitrogens with one attached hydrogen (secondary N) is 1. The largest absolute Gasteiger partial charge is 0.489 e. The first-order chi connectivity index (χ1) is 10.6. The Morgan fingerprint density at radius 2 is 2.05 bits per heavy atom. The first-order valence-electron chi connectivity index (χ1n) is 6.18. The van der Waals surface area contributed by atoms with Gasteiger partial charge in [0.2, 0.25) is 5.91 Å². The quantitative estimate of drug-likeness (QED) is 0.603. The highest BCUT2D eigenvalue weighted by molar-refractivity contribution is 7.10. The number of hydrogen-bond acceptors (Lipinski definition) is 4. The molecule has 0 aliphatic rings. The number of carbonyl (C=O) groups excluding carboxylic acids is 1. The van der Waals surface area contributed by atoms with Crippen LogP contribution >= 0.6 is 46.1 Å². The van der Waals surface area contributed by atoms with Crippen molar-refractivity contribution >= 4 is 58.1 Å². The fraction of sp³-hybridized carbons (Fsp3) is 0.143. The molecule has 1 N–H and O–H groups in total. The van der Waals surface area contributed by atoms with E-state index in [0.717, 1.165) is 4.88 Å². The average Bonchev–Trinajstić information content (AvgIpc) is 2.96. The molecule has 0 fully saturated rings. The van der Waals surface area contributed by atoms with Crippen LogP contribution in [0.25, 0.3) is 6.08 Å². The van der Waals surface area contributed by atoms with Crippen LogP contribution in [0, 0.1) is 0 Å². The topological polar surface area (TPSA) is 51.2 Å². The van der Waals surface area contributed by atoms with Gasteiger partial charge < -0.3 is 10.1 Å². The van der Waals surface area contributed by atoms with Crippen LogP contribution in [0.15, 0.2) is 29.9 Å². The number of carbonyl (C=O) groups is 1. The van der Waals surface area contributed by atoms with Gasteiger partial charge in [-0.25, -0.2) is 0 Å². The van der Waals surface area contributed by atoms with Gasteiger partial charge in [0.1, 0.15) is 6.61 Å². The second-order valence-corrected chi connectivity index (χ2v) is 6.24. The third-order valence-electron chi connectivity index (χ3n) is 2.46. The van der Waals surface area contributed by atoms with E-state index in [-0.39, 0.29) is 12.5 Å². The molecular weight excluding hydrogens is 367 g/mol. The van der Waals surface area contributed by atoms with Crippen LogP contribution in [0.5, 0.6) is 5.75 Å². The number of nitrogens with zero attached hydrogens (tertiary/aromatic N) is 1. The summed E-state index contributed by atoms with van der Waals surface area (Å²) >= 11 is 19.2. The molecular formula is C14H11Cl3N2O2S. The molecule has 1 aromatic carbocycles. The molecule has 0 radical (unpaired) electrons. The van der Waals surface area contributed by atoms with Crippen molar-refractivity contribution < 1.29 is 9.53 Å². The highest BCUT2D eigenvalue weighted by atomic mass is 35.5. The van der Waals surface area contributed by atoms with Gasteiger partial charge in [-0.15, -0.1) is 11.3 Å². The van der Waals surface area contributed by atoms with Crippen LogP contribution < -0.4 is 10.1 Å². The van der Waals surface area contributed by atoms with E-state index in [1.54, 1.807) is 29.9 Å². The van der Waals surface area contributed by atoms with Crippen molar-refractivity contribution in [3.05, 3.63) is 49.9 Å². The minimum absolute atomic E-state index is 0.217. The highest BCUT2D eigenvalue weighted by Gasteiger charge is 2.09. The van der Waals surface area contributed by atoms with Crippen LogP contribution in [0.3, 0.4) is 0 Å². The van der Waals surface area contributed by atoms with Gasteiger partial charge in [-0.3, -0.25) is 9.78 Å². The summed E-state index contributed by atoms with van der Waals surface area (Å²) in [6, 6.07) is 3.08. The maximum Gasteiger partial charge on any atom is 0.244 e. The van der Waals surface area contributed by atoms with Gasteiger partial charge in [-0.05, 0) is 18.2 Å². The van der Waals surface area contributed by atoms with E-state index >= 15 is 0 Å². The number of halogens is 3. The lowest BCUT2D eigenvalue weighted by Crippen LogP contribution is -2.26. The van der Waals surface area contributed by atoms with E-state index in [9.17, 15) is 4.79 Å². The van der Waals surface area contributed by atoms with Crippen LogP contribution in [0.2, 0.25) is 15.1 Å². The molecule has 0 aliphatic heterocycles. The summed E-state index contributed by atoms with van der Waals surface area (Å²) in [4.78, 5) is 16.4. The SMILES string of the molecule is O=C(/C=C/c1cncs1)NCCOc1c(Cl)cc(Cl)cc1Cl. The monoisotopic (exact) mass is 376 g/mol. The fourth-order valence-electron chi connectivity index (χ4n) is 1.52. The number of amides is 1. The zero-order chi connectivity index (χ0) is 15.9. The summed E-state index contributed by atoms with van der Waals surface area (Å²) in [5, 5.41) is 3.78. The van der Waals surface area contributed by atoms with Gasteiger partial charge in [0, 0.05) is 22.2 Å². The molecule has 0 saturated heterocycles. The molecule has 0 unspecified atom stereocenters. The number of rotatable bonds is 6. The van der Waals surface area contributed by atoms with E-state index in [0.29, 0.717) is 27.4 Å². The maximum atomic E-state index is 11.6. The zero-order valence-corrected chi connectivity index (χ0v) is 14.3. The number of aromatic nitrogens is 1. The third-order valence-corrected chi connectivity index (χ3v) is 3.98. The summed E-state index contributed by atoms with van der Waals surface area (Å²) in [5.41, 5.74) is 1.70. The van der Waals surface area contributed by atoms with Gasteiger partial charge in [0.05, 0.1) is 22.1 Å². The second kappa shape index (κ2) is 8.39. The molecule has 0 bridgehead atoms. The Kier molecular flexibility index (Phi) is 6.51. The van der Waals surface area contributed by atoms with E-state index in [1.165, 1.54) is 17.4 Å². The highest BCUT2D eigenvalue weighted by Crippen LogP contribution is 2.35. The first-order valence-corrected chi connectivity index (χ1v) is 8.19. The van der Waals surface area contributed by atoms with Crippen molar-refractivity contribution in [3.8, 4) is 5.75 Å². The van der Waals surface area contributed by atoms with Crippen LogP contribution in [-0.2, 0) is 4.79 Å². The van der Waals surface area contributed by atoms with E-state index in [2.05, 4.69) is 10.3 Å². The average molecular weight is 378 g/mol. The molecule has 2 rings (SSSR count). The van der Waals surface area contributed by atoms with Gasteiger partial charge in [-0.2, -0.15) is 0 Å². The van der Waals surface area contributed by atoms with Crippen molar-refractivity contribution in [2.24, 2.45) is 0 Å². The number of ether oxygens (including phenoxy) is 1. The molecule has 8 heteroatoms. The van der Waals surface area contributed by atoms with Gasteiger partial charge in [0.25, 0.3) is 0 Å². The van der Waals surface area contributed by atoms with E-state index in [1.807, 2.05) is 0 Å². The standard InChI is InChI=1S/C14H11Cl3N2O2S/c15-9-5-11(16)14(12(17)6-9)21-4-3-19-13(20)2-1-10-7-18-8-22-10/h1-2,5-8H,3-4H2,(H,19,20)/b2-1+. The summed E-state index contributed by atoms with van der Waals surface area (Å²) in [7, 11) is 0. The van der Waals surface area contributed by atoms with Gasteiger partial charge in [-0.1, -0.05) is 34.8 Å². The summed E-state index contributed by atoms with van der Waals surface area (Å²) < 4.78 is 5.45. The molecule has 0 atom stereocenters. The summed E-state index contributed by atoms with van der Waals surface area (Å²) in [5.74, 6) is 0.132. The van der Waals surface area contributed by atoms with Gasteiger partial charge >= 0.3 is 0 Å². The molecule has 4 nitrogen and oxygen atoms in total. The third kappa shape index (κ3) is 5.18. The summed E-state index contributed by atoms with van der Waals surface area (Å²) in [6.45, 7) is 0.558. The van der Waals surface area contributed by atoms with Crippen LogP contribution in [0.1, 0.15) is 4.88 Å². The zero-order valence-electron chi connectivity index (χ0n) is 11.2. The Labute approximate surface area is 146 Å². The molecule has 2 aromatic rings. The number of benzene rings is 1. The fourth-order valence-corrected chi connectivity index (χ4v) is 2.96. The van der Waals surface area contributed by atoms with Gasteiger partial charge in [0.15, 0.2) is 5.75 Å². The lowest BCUT2D eigenvalue weighted by Gasteiger charge is -2.10. The summed E-state index contributed by atoms with van der Waals surface area (Å²) in [6.07, 6.45) is 4.82. The molecule has 0 aliphatic carbocycles. The van der Waals surface area contributed by atoms with E-state index < -0.39 is 0 Å². The number of hydrogen-bond donors (Lipinski definition) is 1. The molecule has 0 saturated carbocycles. The van der Waals surface area contributed by atoms with Crippen LogP contribution in [-0.4, -0.2) is 24.0 Å². The van der Waals surface area contributed by atoms with Crippen molar-refractivity contribution in [3.63, 3.8) is 0 Å². The molecule has 1 heterocycles. The maximum absolute atomic E-state index is 11.6. The molecule has 1 amide bonds. The first kappa shape index (κ1) is 17.1. The molecule has 116 valence electrons. The Morgan fingerprint density at radius 3 is 2.68 bits per heavy atom. The smallest absolute Gasteiger partial charge is 0.244 e. The molecule has 1 aromatic heterocycles. The normalized spacial score (nSPS) is 10.9. The Bertz CT molecular complexity index is 652. The second-order valence-electron chi connectivity index (χ2n) is 4.08. The lowest BCUT2D eigenvalue weighted by molar-refractivity contribution is -0.116. The Balaban J connectivity index is 1.76. The van der Waals surface area contributed by atoms with Crippen molar-refractivity contribution in [1.82, 2.24) is 10.3 Å². The van der Waals surface area contributed by atoms with Crippen molar-refractivity contribution in [1.29, 1.82) is 0 Å². The van der Waals surface area contributed by atoms with Crippen LogP contribution in [0.4, 0.5) is 0 Å². The minimum Gasteiger partial charge on any atom is -0.489 e. The van der Waals surface area contributed by atoms with Crippen molar-refractivity contribution in [2.75, 3.05) is 13.2 Å². The van der Waals surface area contributed by atoms with Crippen molar-refractivity contribution in [2.45, 2.75) is 0 Å².